The second-order valence-electron chi connectivity index (χ2n) is 7.39. The zero-order chi connectivity index (χ0) is 19.3. The van der Waals surface area contributed by atoms with Gasteiger partial charge in [-0.25, -0.2) is 0 Å². The Hall–Kier alpha value is -2.83. The van der Waals surface area contributed by atoms with Crippen LogP contribution in [-0.2, 0) is 0 Å². The molecule has 1 unspecified atom stereocenters. The lowest BCUT2D eigenvalue weighted by molar-refractivity contribution is 0.220. The molecule has 0 amide bonds. The molecule has 5 nitrogen and oxygen atoms in total. The van der Waals surface area contributed by atoms with E-state index >= 15 is 0 Å². The third kappa shape index (κ3) is 4.35. The summed E-state index contributed by atoms with van der Waals surface area (Å²) < 4.78 is 5.87. The predicted molar refractivity (Wildman–Crippen MR) is 115 cm³/mol. The summed E-state index contributed by atoms with van der Waals surface area (Å²) in [6.45, 7) is 3.24. The van der Waals surface area contributed by atoms with Crippen LogP contribution in [-0.4, -0.2) is 37.4 Å². The van der Waals surface area contributed by atoms with Gasteiger partial charge in [0.25, 0.3) is 0 Å². The largest absolute Gasteiger partial charge is 0.457 e. The molecule has 0 aliphatic carbocycles. The summed E-state index contributed by atoms with van der Waals surface area (Å²) in [5.41, 5.74) is 9.66. The second kappa shape index (κ2) is 8.46. The van der Waals surface area contributed by atoms with Crippen LogP contribution in [0.3, 0.4) is 0 Å². The summed E-state index contributed by atoms with van der Waals surface area (Å²) in [6, 6.07) is 19.5. The second-order valence-corrected chi connectivity index (χ2v) is 7.39. The molecule has 0 radical (unpaired) electrons. The van der Waals surface area contributed by atoms with Gasteiger partial charge in [-0.15, -0.1) is 0 Å². The van der Waals surface area contributed by atoms with Gasteiger partial charge in [0.1, 0.15) is 11.5 Å². The molecule has 0 spiro atoms. The highest BCUT2D eigenvalue weighted by Gasteiger charge is 2.23. The lowest BCUT2D eigenvalue weighted by Gasteiger charge is -2.37. The number of para-hydroxylation sites is 1. The van der Waals surface area contributed by atoms with E-state index in [2.05, 4.69) is 23.1 Å². The van der Waals surface area contributed by atoms with Gasteiger partial charge in [0.15, 0.2) is 7.98 Å². The van der Waals surface area contributed by atoms with E-state index in [0.29, 0.717) is 5.92 Å². The SMILES string of the molecule is BN1CC(CNc2ccncc2C(N)c2ccc(Oc3ccccc3)cc2)C1. The van der Waals surface area contributed by atoms with E-state index in [1.54, 1.807) is 0 Å². The molecule has 1 aromatic heterocycles. The fraction of sp³-hybridized carbons (Fsp3) is 0.227. The number of aromatic nitrogens is 1. The molecule has 0 saturated carbocycles. The average Bonchev–Trinajstić information content (AvgIpc) is 2.71. The predicted octanol–water partition coefficient (Wildman–Crippen LogP) is 2.81. The lowest BCUT2D eigenvalue weighted by atomic mass is 9.95. The van der Waals surface area contributed by atoms with Crippen LogP contribution in [0.15, 0.2) is 73.1 Å². The van der Waals surface area contributed by atoms with Crippen LogP contribution < -0.4 is 15.8 Å². The van der Waals surface area contributed by atoms with Crippen LogP contribution in [0.25, 0.3) is 0 Å². The standard InChI is InChI=1S/C22H25BN4O/c23-27-14-16(15-27)12-26-21-10-11-25-13-20(21)22(24)17-6-8-19(9-7-17)28-18-4-2-1-3-5-18/h1-11,13,16,22H,12,14-15,23-24H2,(H,25,26). The molecule has 1 fully saturated rings. The van der Waals surface area contributed by atoms with E-state index in [0.717, 1.165) is 47.9 Å². The van der Waals surface area contributed by atoms with Gasteiger partial charge < -0.3 is 20.6 Å². The van der Waals surface area contributed by atoms with E-state index in [-0.39, 0.29) is 6.04 Å². The van der Waals surface area contributed by atoms with Crippen LogP contribution in [0, 0.1) is 5.92 Å². The number of pyridine rings is 1. The number of hydrogen-bond acceptors (Lipinski definition) is 5. The smallest absolute Gasteiger partial charge is 0.185 e. The number of anilines is 1. The molecule has 3 aromatic rings. The molecule has 4 rings (SSSR count). The third-order valence-electron chi connectivity index (χ3n) is 5.13. The molecule has 0 bridgehead atoms. The number of rotatable bonds is 7. The van der Waals surface area contributed by atoms with Crippen molar-refractivity contribution in [2.24, 2.45) is 11.7 Å². The molecule has 28 heavy (non-hydrogen) atoms. The van der Waals surface area contributed by atoms with Crippen molar-refractivity contribution in [3.63, 3.8) is 0 Å². The quantitative estimate of drug-likeness (QED) is 0.625. The first-order valence-electron chi connectivity index (χ1n) is 9.64. The van der Waals surface area contributed by atoms with Gasteiger partial charge in [-0.05, 0) is 54.9 Å². The van der Waals surface area contributed by atoms with Crippen molar-refractivity contribution in [2.75, 3.05) is 25.0 Å². The van der Waals surface area contributed by atoms with Crippen molar-refractivity contribution in [1.29, 1.82) is 0 Å². The van der Waals surface area contributed by atoms with Gasteiger partial charge in [-0.1, -0.05) is 30.3 Å². The van der Waals surface area contributed by atoms with E-state index in [1.165, 1.54) is 0 Å². The van der Waals surface area contributed by atoms with Crippen molar-refractivity contribution in [1.82, 2.24) is 9.79 Å². The topological polar surface area (TPSA) is 63.4 Å². The highest BCUT2D eigenvalue weighted by molar-refractivity contribution is 6.04. The van der Waals surface area contributed by atoms with Crippen LogP contribution in [0.2, 0.25) is 0 Å². The molecule has 2 heterocycles. The summed E-state index contributed by atoms with van der Waals surface area (Å²) in [5.74, 6) is 2.30. The number of ether oxygens (including phenoxy) is 1. The van der Waals surface area contributed by atoms with Gasteiger partial charge in [0.2, 0.25) is 0 Å². The van der Waals surface area contributed by atoms with E-state index in [9.17, 15) is 0 Å². The molecule has 1 aliphatic heterocycles. The molecular weight excluding hydrogens is 347 g/mol. The Morgan fingerprint density at radius 1 is 1.07 bits per heavy atom. The Labute approximate surface area is 167 Å². The fourth-order valence-corrected chi connectivity index (χ4v) is 3.57. The van der Waals surface area contributed by atoms with E-state index in [1.807, 2.05) is 73.1 Å². The maximum atomic E-state index is 6.57. The average molecular weight is 372 g/mol. The summed E-state index contributed by atoms with van der Waals surface area (Å²) >= 11 is 0. The van der Waals surface area contributed by atoms with Crippen LogP contribution >= 0.6 is 0 Å². The van der Waals surface area contributed by atoms with E-state index < -0.39 is 0 Å². The Morgan fingerprint density at radius 3 is 2.50 bits per heavy atom. The minimum atomic E-state index is -0.244. The van der Waals surface area contributed by atoms with Gasteiger partial charge in [-0.3, -0.25) is 4.98 Å². The first kappa shape index (κ1) is 18.5. The zero-order valence-corrected chi connectivity index (χ0v) is 16.1. The maximum absolute atomic E-state index is 6.57. The normalized spacial score (nSPS) is 15.6. The van der Waals surface area contributed by atoms with Gasteiger partial charge in [-0.2, -0.15) is 0 Å². The zero-order valence-electron chi connectivity index (χ0n) is 16.1. The van der Waals surface area contributed by atoms with Crippen molar-refractivity contribution >= 4 is 13.7 Å². The van der Waals surface area contributed by atoms with Crippen LogP contribution in [0.5, 0.6) is 11.5 Å². The number of nitrogens with one attached hydrogen (secondary N) is 1. The summed E-state index contributed by atoms with van der Waals surface area (Å²) in [5, 5.41) is 3.56. The Bertz CT molecular complexity index is 898. The van der Waals surface area contributed by atoms with Crippen molar-refractivity contribution < 1.29 is 4.74 Å². The molecular formula is C22H25BN4O. The van der Waals surface area contributed by atoms with Crippen LogP contribution in [0.1, 0.15) is 17.2 Å². The molecule has 1 saturated heterocycles. The highest BCUT2D eigenvalue weighted by Crippen LogP contribution is 2.29. The number of nitrogens with two attached hydrogens (primary N) is 1. The van der Waals surface area contributed by atoms with Gasteiger partial charge in [0, 0.05) is 30.2 Å². The number of benzene rings is 2. The van der Waals surface area contributed by atoms with E-state index in [4.69, 9.17) is 10.5 Å². The minimum Gasteiger partial charge on any atom is -0.457 e. The minimum absolute atomic E-state index is 0.244. The van der Waals surface area contributed by atoms with Crippen LogP contribution in [0.4, 0.5) is 5.69 Å². The summed E-state index contributed by atoms with van der Waals surface area (Å²) in [7, 11) is 2.15. The Morgan fingerprint density at radius 2 is 1.79 bits per heavy atom. The number of hydrogen-bond donors (Lipinski definition) is 2. The summed E-state index contributed by atoms with van der Waals surface area (Å²) in [4.78, 5) is 6.61. The highest BCUT2D eigenvalue weighted by atomic mass is 16.5. The molecule has 1 aliphatic rings. The number of nitrogens with zero attached hydrogens (tertiary/aromatic N) is 2. The first-order chi connectivity index (χ1) is 13.7. The monoisotopic (exact) mass is 372 g/mol. The van der Waals surface area contributed by atoms with Crippen molar-refractivity contribution in [3.05, 3.63) is 84.2 Å². The molecule has 1 atom stereocenters. The lowest BCUT2D eigenvalue weighted by Crippen LogP contribution is -2.47. The fourth-order valence-electron chi connectivity index (χ4n) is 3.57. The summed E-state index contributed by atoms with van der Waals surface area (Å²) in [6.07, 6.45) is 3.66. The molecule has 142 valence electrons. The molecule has 3 N–H and O–H groups in total. The Balaban J connectivity index is 1.44. The van der Waals surface area contributed by atoms with Crippen molar-refractivity contribution in [3.8, 4) is 11.5 Å². The molecule has 6 heteroatoms. The van der Waals surface area contributed by atoms with Gasteiger partial charge in [0.05, 0.1) is 6.04 Å². The maximum Gasteiger partial charge on any atom is 0.185 e. The van der Waals surface area contributed by atoms with Crippen molar-refractivity contribution in [2.45, 2.75) is 6.04 Å². The Kier molecular flexibility index (Phi) is 5.60. The first-order valence-corrected chi connectivity index (χ1v) is 9.64. The molecule has 2 aromatic carbocycles. The third-order valence-corrected chi connectivity index (χ3v) is 5.13. The van der Waals surface area contributed by atoms with Gasteiger partial charge >= 0.3 is 0 Å².